The van der Waals surface area contributed by atoms with Crippen LogP contribution in [0.15, 0.2) is 24.3 Å². The van der Waals surface area contributed by atoms with E-state index in [9.17, 15) is 4.79 Å². The van der Waals surface area contributed by atoms with Gasteiger partial charge in [-0.2, -0.15) is 0 Å². The van der Waals surface area contributed by atoms with Crippen LogP contribution in [0.25, 0.3) is 10.9 Å². The molecule has 1 amide bonds. The number of likely N-dealkylation sites (tertiary alicyclic amines) is 1. The van der Waals surface area contributed by atoms with Crippen LogP contribution in [0.5, 0.6) is 5.75 Å². The number of fused-ring (bicyclic) bond motifs is 1. The van der Waals surface area contributed by atoms with E-state index in [0.29, 0.717) is 5.69 Å². The van der Waals surface area contributed by atoms with Gasteiger partial charge in [-0.15, -0.1) is 0 Å². The van der Waals surface area contributed by atoms with E-state index in [-0.39, 0.29) is 17.9 Å². The van der Waals surface area contributed by atoms with Gasteiger partial charge in [0, 0.05) is 43.2 Å². The van der Waals surface area contributed by atoms with Crippen LogP contribution >= 0.6 is 0 Å². The third kappa shape index (κ3) is 3.30. The number of nitrogens with zero attached hydrogens (tertiary/aromatic N) is 2. The molecule has 24 heavy (non-hydrogen) atoms. The molecule has 3 rings (SSSR count). The third-order valence-electron chi connectivity index (χ3n) is 4.50. The summed E-state index contributed by atoms with van der Waals surface area (Å²) in [6.07, 6.45) is 1.79. The summed E-state index contributed by atoms with van der Waals surface area (Å²) in [6.45, 7) is 7.32. The van der Waals surface area contributed by atoms with E-state index in [0.717, 1.165) is 48.3 Å². The number of carbonyl (C=O) groups excluding carboxylic acids is 1. The van der Waals surface area contributed by atoms with Gasteiger partial charge < -0.3 is 15.4 Å². The molecule has 1 aliphatic rings. The number of pyridine rings is 1. The number of benzene rings is 1. The molecule has 128 valence electrons. The molecule has 0 saturated carbocycles. The molecule has 2 N–H and O–H groups in total. The number of hydrogen-bond acceptors (Lipinski definition) is 4. The molecule has 1 saturated heterocycles. The maximum absolute atomic E-state index is 12.1. The summed E-state index contributed by atoms with van der Waals surface area (Å²) in [7, 11) is 0. The molecule has 2 aromatic rings. The Morgan fingerprint density at radius 2 is 2.04 bits per heavy atom. The van der Waals surface area contributed by atoms with Gasteiger partial charge >= 0.3 is 0 Å². The first-order valence-corrected chi connectivity index (χ1v) is 8.57. The molecular formula is C19H25N3O2. The number of carbonyl (C=O) groups is 1. The van der Waals surface area contributed by atoms with E-state index in [1.54, 1.807) is 0 Å². The molecule has 5 nitrogen and oxygen atoms in total. The first kappa shape index (κ1) is 16.6. The van der Waals surface area contributed by atoms with Crippen molar-refractivity contribution in [2.45, 2.75) is 39.7 Å². The van der Waals surface area contributed by atoms with Gasteiger partial charge in [-0.25, -0.2) is 0 Å². The minimum Gasteiger partial charge on any atom is -0.490 e. The zero-order chi connectivity index (χ0) is 17.3. The van der Waals surface area contributed by atoms with Crippen molar-refractivity contribution in [2.75, 3.05) is 18.8 Å². The zero-order valence-electron chi connectivity index (χ0n) is 14.6. The number of anilines is 1. The van der Waals surface area contributed by atoms with Gasteiger partial charge in [0.1, 0.15) is 11.9 Å². The van der Waals surface area contributed by atoms with Crippen LogP contribution in [-0.2, 0) is 4.79 Å². The van der Waals surface area contributed by atoms with Crippen LogP contribution in [-0.4, -0.2) is 35.0 Å². The predicted octanol–water partition coefficient (Wildman–Crippen LogP) is 3.15. The lowest BCUT2D eigenvalue weighted by Crippen LogP contribution is -2.43. The molecule has 0 atom stereocenters. The van der Waals surface area contributed by atoms with Crippen LogP contribution < -0.4 is 10.5 Å². The predicted molar refractivity (Wildman–Crippen MR) is 96.0 cm³/mol. The van der Waals surface area contributed by atoms with Gasteiger partial charge in [0.15, 0.2) is 0 Å². The van der Waals surface area contributed by atoms with Gasteiger partial charge in [0.25, 0.3) is 0 Å². The Balaban J connectivity index is 1.74. The van der Waals surface area contributed by atoms with Crippen molar-refractivity contribution in [1.29, 1.82) is 0 Å². The van der Waals surface area contributed by atoms with Gasteiger partial charge in [-0.1, -0.05) is 19.9 Å². The molecule has 0 aliphatic carbocycles. The van der Waals surface area contributed by atoms with E-state index in [1.807, 2.05) is 49.9 Å². The number of amides is 1. The number of nitrogen functional groups attached to an aromatic ring is 1. The first-order valence-electron chi connectivity index (χ1n) is 8.57. The summed E-state index contributed by atoms with van der Waals surface area (Å²) in [4.78, 5) is 18.5. The Kier molecular flexibility index (Phi) is 4.60. The number of piperidine rings is 1. The molecule has 1 aromatic heterocycles. The second kappa shape index (κ2) is 6.67. The van der Waals surface area contributed by atoms with Crippen LogP contribution in [0, 0.1) is 12.8 Å². The highest BCUT2D eigenvalue weighted by Gasteiger charge is 2.25. The first-order chi connectivity index (χ1) is 11.5. The highest BCUT2D eigenvalue weighted by molar-refractivity contribution is 5.95. The summed E-state index contributed by atoms with van der Waals surface area (Å²) in [5.41, 5.74) is 8.64. The minimum atomic E-state index is 0.0506. The normalized spacial score (nSPS) is 15.9. The summed E-state index contributed by atoms with van der Waals surface area (Å²) in [6, 6.07) is 7.72. The maximum Gasteiger partial charge on any atom is 0.225 e. The minimum absolute atomic E-state index is 0.0506. The monoisotopic (exact) mass is 327 g/mol. The fourth-order valence-electron chi connectivity index (χ4n) is 3.26. The topological polar surface area (TPSA) is 68.5 Å². The average molecular weight is 327 g/mol. The molecule has 0 bridgehead atoms. The van der Waals surface area contributed by atoms with E-state index in [2.05, 4.69) is 4.98 Å². The van der Waals surface area contributed by atoms with Crippen LogP contribution in [0.3, 0.4) is 0 Å². The average Bonchev–Trinajstić information content (AvgIpc) is 2.54. The molecule has 2 heterocycles. The van der Waals surface area contributed by atoms with Crippen LogP contribution in [0.2, 0.25) is 0 Å². The van der Waals surface area contributed by atoms with E-state index >= 15 is 0 Å². The Labute approximate surface area is 142 Å². The Morgan fingerprint density at radius 1 is 1.33 bits per heavy atom. The fourth-order valence-corrected chi connectivity index (χ4v) is 3.26. The molecule has 1 aromatic carbocycles. The Hall–Kier alpha value is -2.30. The lowest BCUT2D eigenvalue weighted by Gasteiger charge is -2.33. The number of ether oxygens (including phenoxy) is 1. The van der Waals surface area contributed by atoms with Crippen molar-refractivity contribution in [3.05, 3.63) is 30.0 Å². The van der Waals surface area contributed by atoms with Crippen molar-refractivity contribution in [3.8, 4) is 5.75 Å². The SMILES string of the molecule is Cc1cc(N)c2c(OC3CCN(C(=O)C(C)C)CC3)cccc2n1. The highest BCUT2D eigenvalue weighted by Crippen LogP contribution is 2.32. The zero-order valence-corrected chi connectivity index (χ0v) is 14.6. The Morgan fingerprint density at radius 3 is 2.71 bits per heavy atom. The second-order valence-corrected chi connectivity index (χ2v) is 6.80. The molecule has 1 fully saturated rings. The van der Waals surface area contributed by atoms with E-state index < -0.39 is 0 Å². The van der Waals surface area contributed by atoms with Crippen molar-refractivity contribution < 1.29 is 9.53 Å². The van der Waals surface area contributed by atoms with Crippen molar-refractivity contribution in [3.63, 3.8) is 0 Å². The smallest absolute Gasteiger partial charge is 0.225 e. The second-order valence-electron chi connectivity index (χ2n) is 6.80. The summed E-state index contributed by atoms with van der Waals surface area (Å²) >= 11 is 0. The summed E-state index contributed by atoms with van der Waals surface area (Å²) in [5.74, 6) is 1.06. The summed E-state index contributed by atoms with van der Waals surface area (Å²) in [5, 5.41) is 0.879. The largest absolute Gasteiger partial charge is 0.490 e. The molecule has 0 unspecified atom stereocenters. The van der Waals surface area contributed by atoms with E-state index in [4.69, 9.17) is 10.5 Å². The molecule has 0 spiro atoms. The number of rotatable bonds is 3. The molecule has 0 radical (unpaired) electrons. The number of hydrogen-bond donors (Lipinski definition) is 1. The molecule has 1 aliphatic heterocycles. The quantitative estimate of drug-likeness (QED) is 0.940. The van der Waals surface area contributed by atoms with Crippen molar-refractivity contribution in [2.24, 2.45) is 5.92 Å². The van der Waals surface area contributed by atoms with E-state index in [1.165, 1.54) is 0 Å². The lowest BCUT2D eigenvalue weighted by molar-refractivity contribution is -0.136. The highest BCUT2D eigenvalue weighted by atomic mass is 16.5. The van der Waals surface area contributed by atoms with Gasteiger partial charge in [0.2, 0.25) is 5.91 Å². The molecule has 5 heteroatoms. The van der Waals surface area contributed by atoms with Crippen LogP contribution in [0.1, 0.15) is 32.4 Å². The van der Waals surface area contributed by atoms with Crippen LogP contribution in [0.4, 0.5) is 5.69 Å². The van der Waals surface area contributed by atoms with Gasteiger partial charge in [-0.05, 0) is 25.1 Å². The fraction of sp³-hybridized carbons (Fsp3) is 0.474. The maximum atomic E-state index is 12.1. The standard InChI is InChI=1S/C19H25N3O2/c1-12(2)19(23)22-9-7-14(8-10-22)24-17-6-4-5-16-18(17)15(20)11-13(3)21-16/h4-6,11-12,14H,7-10H2,1-3H3,(H2,20,21). The molecular weight excluding hydrogens is 302 g/mol. The third-order valence-corrected chi connectivity index (χ3v) is 4.50. The van der Waals surface area contributed by atoms with Crippen molar-refractivity contribution in [1.82, 2.24) is 9.88 Å². The number of nitrogens with two attached hydrogens (primary N) is 1. The Bertz CT molecular complexity index is 750. The summed E-state index contributed by atoms with van der Waals surface area (Å²) < 4.78 is 6.22. The number of aromatic nitrogens is 1. The van der Waals surface area contributed by atoms with Gasteiger partial charge in [-0.3, -0.25) is 9.78 Å². The number of aryl methyl sites for hydroxylation is 1. The van der Waals surface area contributed by atoms with Crippen molar-refractivity contribution >= 4 is 22.5 Å². The van der Waals surface area contributed by atoms with Gasteiger partial charge in [0.05, 0.1) is 10.9 Å². The lowest BCUT2D eigenvalue weighted by atomic mass is 10.0.